The Hall–Kier alpha value is -0.610. The molecule has 2 rings (SSSR count). The van der Waals surface area contributed by atoms with Gasteiger partial charge in [-0.3, -0.25) is 4.79 Å². The van der Waals surface area contributed by atoms with Crippen LogP contribution in [0.4, 0.5) is 0 Å². The number of nitrogens with one attached hydrogen (secondary N) is 1. The third kappa shape index (κ3) is 5.95. The molecule has 0 bridgehead atoms. The number of nitrogens with zero attached hydrogens (tertiary/aromatic N) is 1. The lowest BCUT2D eigenvalue weighted by molar-refractivity contribution is -0.125. The van der Waals surface area contributed by atoms with Crippen LogP contribution in [0.15, 0.2) is 0 Å². The van der Waals surface area contributed by atoms with Crippen LogP contribution in [0.2, 0.25) is 0 Å². The molecular formula is C17H32N2O2. The van der Waals surface area contributed by atoms with Gasteiger partial charge >= 0.3 is 0 Å². The molecule has 4 nitrogen and oxygen atoms in total. The number of ether oxygens (including phenoxy) is 1. The highest BCUT2D eigenvalue weighted by Crippen LogP contribution is 2.23. The van der Waals surface area contributed by atoms with E-state index in [1.165, 1.54) is 38.5 Å². The molecule has 1 saturated heterocycles. The second-order valence-corrected chi connectivity index (χ2v) is 6.71. The van der Waals surface area contributed by atoms with Crippen molar-refractivity contribution in [2.45, 2.75) is 51.4 Å². The fraction of sp³-hybridized carbons (Fsp3) is 0.941. The Morgan fingerprint density at radius 2 is 1.76 bits per heavy atom. The normalized spacial score (nSPS) is 22.9. The van der Waals surface area contributed by atoms with Crippen LogP contribution >= 0.6 is 0 Å². The molecule has 2 aliphatic rings. The molecule has 1 aliphatic carbocycles. The number of hydrogen-bond donors (Lipinski definition) is 1. The highest BCUT2D eigenvalue weighted by molar-refractivity contribution is 5.78. The van der Waals surface area contributed by atoms with Crippen molar-refractivity contribution in [3.8, 4) is 0 Å². The van der Waals surface area contributed by atoms with E-state index in [4.69, 9.17) is 4.74 Å². The van der Waals surface area contributed by atoms with Gasteiger partial charge in [0.2, 0.25) is 5.91 Å². The first-order valence-corrected chi connectivity index (χ1v) is 8.78. The van der Waals surface area contributed by atoms with E-state index < -0.39 is 0 Å². The monoisotopic (exact) mass is 296 g/mol. The lowest BCUT2D eigenvalue weighted by atomic mass is 9.95. The van der Waals surface area contributed by atoms with E-state index >= 15 is 0 Å². The zero-order valence-electron chi connectivity index (χ0n) is 13.6. The van der Waals surface area contributed by atoms with Gasteiger partial charge in [0.1, 0.15) is 0 Å². The van der Waals surface area contributed by atoms with Gasteiger partial charge in [-0.1, -0.05) is 25.7 Å². The van der Waals surface area contributed by atoms with Crippen LogP contribution in [0.3, 0.4) is 0 Å². The minimum absolute atomic E-state index is 0.286. The number of likely N-dealkylation sites (tertiary alicyclic amines) is 1. The quantitative estimate of drug-likeness (QED) is 0.765. The van der Waals surface area contributed by atoms with Gasteiger partial charge in [0, 0.05) is 26.1 Å². The van der Waals surface area contributed by atoms with Crippen LogP contribution in [-0.4, -0.2) is 50.7 Å². The molecule has 1 amide bonds. The fourth-order valence-electron chi connectivity index (χ4n) is 3.57. The maximum Gasteiger partial charge on any atom is 0.223 e. The molecule has 0 aromatic rings. The van der Waals surface area contributed by atoms with Crippen LogP contribution < -0.4 is 5.32 Å². The van der Waals surface area contributed by atoms with Crippen molar-refractivity contribution in [3.63, 3.8) is 0 Å². The van der Waals surface area contributed by atoms with Gasteiger partial charge in [0.25, 0.3) is 0 Å². The Kier molecular flexibility index (Phi) is 7.51. The van der Waals surface area contributed by atoms with Crippen molar-refractivity contribution >= 4 is 5.91 Å². The predicted molar refractivity (Wildman–Crippen MR) is 85.2 cm³/mol. The van der Waals surface area contributed by atoms with Gasteiger partial charge in [0.05, 0.1) is 6.61 Å². The molecule has 0 aromatic carbocycles. The summed E-state index contributed by atoms with van der Waals surface area (Å²) in [7, 11) is 1.76. The Labute approximate surface area is 129 Å². The zero-order chi connectivity index (χ0) is 14.9. The molecule has 1 heterocycles. The Morgan fingerprint density at radius 1 is 1.10 bits per heavy atom. The molecule has 1 aliphatic heterocycles. The van der Waals surface area contributed by atoms with E-state index in [1.54, 1.807) is 7.11 Å². The molecule has 4 heteroatoms. The molecule has 0 spiro atoms. The predicted octanol–water partition coefficient (Wildman–Crippen LogP) is 2.43. The van der Waals surface area contributed by atoms with Crippen molar-refractivity contribution in [1.82, 2.24) is 10.2 Å². The van der Waals surface area contributed by atoms with Crippen molar-refractivity contribution < 1.29 is 9.53 Å². The number of piperidine rings is 1. The second-order valence-electron chi connectivity index (χ2n) is 6.71. The lowest BCUT2D eigenvalue weighted by Gasteiger charge is -2.32. The van der Waals surface area contributed by atoms with Crippen molar-refractivity contribution in [2.24, 2.45) is 11.8 Å². The van der Waals surface area contributed by atoms with Crippen molar-refractivity contribution in [1.29, 1.82) is 0 Å². The molecular weight excluding hydrogens is 264 g/mol. The Balaban J connectivity index is 1.61. The number of hydrogen-bond acceptors (Lipinski definition) is 3. The summed E-state index contributed by atoms with van der Waals surface area (Å²) in [6.45, 7) is 5.04. The minimum atomic E-state index is 0.286. The summed E-state index contributed by atoms with van der Waals surface area (Å²) >= 11 is 0. The topological polar surface area (TPSA) is 41.6 Å². The number of rotatable bonds is 6. The van der Waals surface area contributed by atoms with Crippen molar-refractivity contribution in [3.05, 3.63) is 0 Å². The van der Waals surface area contributed by atoms with E-state index in [-0.39, 0.29) is 5.92 Å². The van der Waals surface area contributed by atoms with Crippen LogP contribution in [0.25, 0.3) is 0 Å². The lowest BCUT2D eigenvalue weighted by Crippen LogP contribution is -2.41. The third-order valence-corrected chi connectivity index (χ3v) is 5.11. The largest absolute Gasteiger partial charge is 0.383 e. The van der Waals surface area contributed by atoms with E-state index in [2.05, 4.69) is 10.2 Å². The zero-order valence-corrected chi connectivity index (χ0v) is 13.6. The SMILES string of the molecule is COCCN1CCC(CNC(=O)C2CCCCCC2)CC1. The molecule has 0 unspecified atom stereocenters. The molecule has 0 atom stereocenters. The standard InChI is InChI=1S/C17H32N2O2/c1-21-13-12-19-10-8-15(9-11-19)14-18-17(20)16-6-4-2-3-5-7-16/h15-16H,2-14H2,1H3,(H,18,20). The van der Waals surface area contributed by atoms with Gasteiger partial charge in [-0.05, 0) is 44.7 Å². The maximum absolute atomic E-state index is 12.3. The molecule has 1 saturated carbocycles. The highest BCUT2D eigenvalue weighted by atomic mass is 16.5. The maximum atomic E-state index is 12.3. The average Bonchev–Trinajstić information content (AvgIpc) is 2.81. The van der Waals surface area contributed by atoms with E-state index in [0.717, 1.165) is 45.6 Å². The summed E-state index contributed by atoms with van der Waals surface area (Å²) in [5.74, 6) is 1.27. The summed E-state index contributed by atoms with van der Waals surface area (Å²) in [6, 6.07) is 0. The Bertz CT molecular complexity index is 293. The molecule has 0 aromatic heterocycles. The molecule has 0 radical (unpaired) electrons. The van der Waals surface area contributed by atoms with Crippen LogP contribution in [0, 0.1) is 11.8 Å². The van der Waals surface area contributed by atoms with Crippen molar-refractivity contribution in [2.75, 3.05) is 39.9 Å². The second kappa shape index (κ2) is 9.42. The third-order valence-electron chi connectivity index (χ3n) is 5.11. The fourth-order valence-corrected chi connectivity index (χ4v) is 3.57. The summed E-state index contributed by atoms with van der Waals surface area (Å²) in [6.07, 6.45) is 9.69. The summed E-state index contributed by atoms with van der Waals surface area (Å²) in [4.78, 5) is 14.7. The highest BCUT2D eigenvalue weighted by Gasteiger charge is 2.23. The Morgan fingerprint density at radius 3 is 2.38 bits per heavy atom. The van der Waals surface area contributed by atoms with Crippen LogP contribution in [0.5, 0.6) is 0 Å². The van der Waals surface area contributed by atoms with Crippen LogP contribution in [0.1, 0.15) is 51.4 Å². The van der Waals surface area contributed by atoms with Gasteiger partial charge in [0.15, 0.2) is 0 Å². The number of amides is 1. The van der Waals surface area contributed by atoms with E-state index in [0.29, 0.717) is 11.8 Å². The summed E-state index contributed by atoms with van der Waals surface area (Å²) in [5.41, 5.74) is 0. The molecule has 2 fully saturated rings. The van der Waals surface area contributed by atoms with Gasteiger partial charge in [-0.15, -0.1) is 0 Å². The molecule has 21 heavy (non-hydrogen) atoms. The molecule has 1 N–H and O–H groups in total. The van der Waals surface area contributed by atoms with Crippen LogP contribution in [-0.2, 0) is 9.53 Å². The summed E-state index contributed by atoms with van der Waals surface area (Å²) in [5, 5.41) is 3.23. The number of carbonyl (C=O) groups excluding carboxylic acids is 1. The summed E-state index contributed by atoms with van der Waals surface area (Å²) < 4.78 is 5.13. The first kappa shape index (κ1) is 16.8. The minimum Gasteiger partial charge on any atom is -0.383 e. The first-order valence-electron chi connectivity index (χ1n) is 8.78. The van der Waals surface area contributed by atoms with Gasteiger partial charge < -0.3 is 15.0 Å². The van der Waals surface area contributed by atoms with Gasteiger partial charge in [-0.2, -0.15) is 0 Å². The van der Waals surface area contributed by atoms with E-state index in [1.807, 2.05) is 0 Å². The first-order chi connectivity index (χ1) is 10.3. The smallest absolute Gasteiger partial charge is 0.223 e. The number of carbonyl (C=O) groups is 1. The average molecular weight is 296 g/mol. The van der Waals surface area contributed by atoms with Gasteiger partial charge in [-0.25, -0.2) is 0 Å². The molecule has 122 valence electrons. The number of methoxy groups -OCH3 is 1. The van der Waals surface area contributed by atoms with E-state index in [9.17, 15) is 4.79 Å².